The maximum atomic E-state index is 9.07. The van der Waals surface area contributed by atoms with E-state index in [0.29, 0.717) is 22.6 Å². The molecule has 1 heterocycles. The average molecular weight is 213 g/mol. The summed E-state index contributed by atoms with van der Waals surface area (Å²) in [5.41, 5.74) is 7.36. The van der Waals surface area contributed by atoms with Crippen LogP contribution < -0.4 is 5.73 Å². The first-order chi connectivity index (χ1) is 7.65. The van der Waals surface area contributed by atoms with E-state index in [1.807, 2.05) is 24.6 Å². The number of hydrogen-bond donors (Lipinski definition) is 1. The molecule has 80 valence electrons. The highest BCUT2D eigenvalue weighted by molar-refractivity contribution is 5.73. The largest absolute Gasteiger partial charge is 0.398 e. The van der Waals surface area contributed by atoms with Gasteiger partial charge in [-0.2, -0.15) is 5.26 Å². The fourth-order valence-electron chi connectivity index (χ4n) is 1.52. The van der Waals surface area contributed by atoms with Crippen molar-refractivity contribution in [2.75, 3.05) is 5.73 Å². The molecule has 0 saturated carbocycles. The minimum Gasteiger partial charge on any atom is -0.398 e. The Labute approximate surface area is 93.1 Å². The Hall–Kier alpha value is -2.35. The Kier molecular flexibility index (Phi) is 2.33. The summed E-state index contributed by atoms with van der Waals surface area (Å²) >= 11 is 0. The number of aromatic nitrogens is 3. The van der Waals surface area contributed by atoms with Crippen LogP contribution in [-0.4, -0.2) is 14.8 Å². The highest BCUT2D eigenvalue weighted by Gasteiger charge is 2.13. The van der Waals surface area contributed by atoms with E-state index in [1.54, 1.807) is 12.1 Å². The molecule has 5 nitrogen and oxygen atoms in total. The van der Waals surface area contributed by atoms with Gasteiger partial charge in [-0.15, -0.1) is 10.2 Å². The van der Waals surface area contributed by atoms with Gasteiger partial charge in [0.1, 0.15) is 11.9 Å². The van der Waals surface area contributed by atoms with E-state index in [-0.39, 0.29) is 0 Å². The van der Waals surface area contributed by atoms with Gasteiger partial charge in [-0.25, -0.2) is 0 Å². The van der Waals surface area contributed by atoms with Crippen LogP contribution in [-0.2, 0) is 7.05 Å². The molecule has 2 rings (SSSR count). The summed E-state index contributed by atoms with van der Waals surface area (Å²) in [4.78, 5) is 0. The third kappa shape index (κ3) is 1.41. The van der Waals surface area contributed by atoms with Crippen molar-refractivity contribution in [1.29, 1.82) is 5.26 Å². The van der Waals surface area contributed by atoms with Crippen molar-refractivity contribution in [2.45, 2.75) is 6.92 Å². The number of aryl methyl sites for hydroxylation is 1. The van der Waals surface area contributed by atoms with Crippen molar-refractivity contribution in [3.8, 4) is 17.5 Å². The van der Waals surface area contributed by atoms with Crippen molar-refractivity contribution in [3.05, 3.63) is 29.6 Å². The van der Waals surface area contributed by atoms with Gasteiger partial charge < -0.3 is 10.3 Å². The maximum absolute atomic E-state index is 9.07. The van der Waals surface area contributed by atoms with E-state index < -0.39 is 0 Å². The monoisotopic (exact) mass is 213 g/mol. The number of hydrogen-bond acceptors (Lipinski definition) is 4. The predicted octanol–water partition coefficient (Wildman–Crippen LogP) is 1.24. The zero-order valence-corrected chi connectivity index (χ0v) is 9.10. The van der Waals surface area contributed by atoms with Gasteiger partial charge in [0.2, 0.25) is 0 Å². The minimum absolute atomic E-state index is 0.443. The summed E-state index contributed by atoms with van der Waals surface area (Å²) < 4.78 is 1.83. The Bertz CT molecular complexity index is 577. The Morgan fingerprint density at radius 2 is 2.12 bits per heavy atom. The van der Waals surface area contributed by atoms with Crippen molar-refractivity contribution in [2.24, 2.45) is 7.05 Å². The molecule has 0 bridgehead atoms. The lowest BCUT2D eigenvalue weighted by molar-refractivity contribution is 0.864. The molecule has 2 N–H and O–H groups in total. The third-order valence-corrected chi connectivity index (χ3v) is 2.54. The summed E-state index contributed by atoms with van der Waals surface area (Å²) in [5, 5.41) is 17.1. The lowest BCUT2D eigenvalue weighted by atomic mass is 10.1. The van der Waals surface area contributed by atoms with Crippen LogP contribution in [0.1, 0.15) is 11.4 Å². The molecule has 0 aliphatic rings. The lowest BCUT2D eigenvalue weighted by Crippen LogP contribution is -1.99. The van der Waals surface area contributed by atoms with Gasteiger partial charge >= 0.3 is 0 Å². The Morgan fingerprint density at radius 3 is 2.69 bits per heavy atom. The highest BCUT2D eigenvalue weighted by Crippen LogP contribution is 2.25. The number of nitriles is 1. The molecule has 1 aromatic carbocycles. The number of nitrogens with two attached hydrogens (primary N) is 1. The highest BCUT2D eigenvalue weighted by atomic mass is 15.3. The molecule has 0 radical (unpaired) electrons. The molecule has 2 aromatic rings. The molecule has 1 aromatic heterocycles. The fourth-order valence-corrected chi connectivity index (χ4v) is 1.52. The van der Waals surface area contributed by atoms with Crippen LogP contribution in [0.15, 0.2) is 18.2 Å². The first kappa shape index (κ1) is 10.2. The van der Waals surface area contributed by atoms with Gasteiger partial charge in [-0.05, 0) is 19.1 Å². The zero-order chi connectivity index (χ0) is 11.7. The fraction of sp³-hybridized carbons (Fsp3) is 0.182. The van der Waals surface area contributed by atoms with Crippen LogP contribution in [0.4, 0.5) is 5.69 Å². The molecule has 0 saturated heterocycles. The minimum atomic E-state index is 0.443. The molecule has 0 spiro atoms. The van der Waals surface area contributed by atoms with Crippen LogP contribution >= 0.6 is 0 Å². The smallest absolute Gasteiger partial charge is 0.165 e. The second-order valence-electron chi connectivity index (χ2n) is 3.51. The number of nitrogens with zero attached hydrogens (tertiary/aromatic N) is 4. The number of benzene rings is 1. The SMILES string of the molecule is Cc1nnc(-c2cccc(N)c2C#N)n1C. The summed E-state index contributed by atoms with van der Waals surface area (Å²) in [6, 6.07) is 7.41. The summed E-state index contributed by atoms with van der Waals surface area (Å²) in [6.07, 6.45) is 0. The van der Waals surface area contributed by atoms with Gasteiger partial charge in [0.25, 0.3) is 0 Å². The second-order valence-corrected chi connectivity index (χ2v) is 3.51. The van der Waals surface area contributed by atoms with Gasteiger partial charge in [0.15, 0.2) is 5.82 Å². The molecule has 0 unspecified atom stereocenters. The Morgan fingerprint density at radius 1 is 1.38 bits per heavy atom. The topological polar surface area (TPSA) is 80.5 Å². The van der Waals surface area contributed by atoms with E-state index in [9.17, 15) is 0 Å². The van der Waals surface area contributed by atoms with Crippen molar-refractivity contribution < 1.29 is 0 Å². The first-order valence-corrected chi connectivity index (χ1v) is 4.80. The van der Waals surface area contributed by atoms with Crippen LogP contribution in [0.25, 0.3) is 11.4 Å². The standard InChI is InChI=1S/C11H11N5/c1-7-14-15-11(16(7)2)8-4-3-5-10(13)9(8)6-12/h3-5H,13H2,1-2H3. The molecule has 0 atom stereocenters. The number of anilines is 1. The van der Waals surface area contributed by atoms with Crippen LogP contribution in [0.3, 0.4) is 0 Å². The molecular formula is C11H11N5. The quantitative estimate of drug-likeness (QED) is 0.723. The van der Waals surface area contributed by atoms with Gasteiger partial charge in [-0.3, -0.25) is 0 Å². The third-order valence-electron chi connectivity index (χ3n) is 2.54. The average Bonchev–Trinajstić information content (AvgIpc) is 2.59. The van der Waals surface area contributed by atoms with E-state index in [2.05, 4.69) is 16.3 Å². The number of nitrogen functional groups attached to an aromatic ring is 1. The maximum Gasteiger partial charge on any atom is 0.165 e. The van der Waals surface area contributed by atoms with E-state index in [4.69, 9.17) is 11.0 Å². The zero-order valence-electron chi connectivity index (χ0n) is 9.10. The summed E-state index contributed by atoms with van der Waals surface area (Å²) in [5.74, 6) is 1.45. The molecule has 0 aliphatic heterocycles. The van der Waals surface area contributed by atoms with Crippen molar-refractivity contribution in [1.82, 2.24) is 14.8 Å². The number of rotatable bonds is 1. The Balaban J connectivity index is 2.70. The molecule has 0 fully saturated rings. The first-order valence-electron chi connectivity index (χ1n) is 4.80. The van der Waals surface area contributed by atoms with Crippen molar-refractivity contribution in [3.63, 3.8) is 0 Å². The molecule has 5 heteroatoms. The van der Waals surface area contributed by atoms with Crippen LogP contribution in [0.2, 0.25) is 0 Å². The molecule has 0 amide bonds. The summed E-state index contributed by atoms with van der Waals surface area (Å²) in [6.45, 7) is 1.86. The van der Waals surface area contributed by atoms with E-state index >= 15 is 0 Å². The molecule has 16 heavy (non-hydrogen) atoms. The predicted molar refractivity (Wildman–Crippen MR) is 60.3 cm³/mol. The lowest BCUT2D eigenvalue weighted by Gasteiger charge is -2.05. The summed E-state index contributed by atoms with van der Waals surface area (Å²) in [7, 11) is 1.86. The van der Waals surface area contributed by atoms with Crippen LogP contribution in [0.5, 0.6) is 0 Å². The van der Waals surface area contributed by atoms with Crippen molar-refractivity contribution >= 4 is 5.69 Å². The van der Waals surface area contributed by atoms with Crippen LogP contribution in [0, 0.1) is 18.3 Å². The van der Waals surface area contributed by atoms with Gasteiger partial charge in [-0.1, -0.05) is 6.07 Å². The normalized spacial score (nSPS) is 10.1. The van der Waals surface area contributed by atoms with Gasteiger partial charge in [0, 0.05) is 12.6 Å². The molecular weight excluding hydrogens is 202 g/mol. The van der Waals surface area contributed by atoms with E-state index in [1.165, 1.54) is 0 Å². The van der Waals surface area contributed by atoms with E-state index in [0.717, 1.165) is 5.82 Å². The molecule has 0 aliphatic carbocycles. The second kappa shape index (κ2) is 3.66. The van der Waals surface area contributed by atoms with Gasteiger partial charge in [0.05, 0.1) is 11.3 Å².